The van der Waals surface area contributed by atoms with Crippen molar-refractivity contribution in [1.82, 2.24) is 0 Å². The van der Waals surface area contributed by atoms with Crippen molar-refractivity contribution in [3.8, 4) is 5.75 Å². The number of ether oxygens (including phenoxy) is 1. The van der Waals surface area contributed by atoms with Crippen molar-refractivity contribution in [2.75, 3.05) is 5.73 Å². The zero-order valence-corrected chi connectivity index (χ0v) is 10.1. The summed E-state index contributed by atoms with van der Waals surface area (Å²) in [5, 5.41) is 8.78. The molecule has 3 N–H and O–H groups in total. The number of carboxylic acid groups (broad SMARTS) is 1. The van der Waals surface area contributed by atoms with Gasteiger partial charge in [-0.3, -0.25) is 0 Å². The Morgan fingerprint density at radius 3 is 2.81 bits per heavy atom. The first-order valence-electron chi connectivity index (χ1n) is 4.59. The molecule has 6 heteroatoms. The van der Waals surface area contributed by atoms with Crippen LogP contribution in [-0.4, -0.2) is 17.2 Å². The summed E-state index contributed by atoms with van der Waals surface area (Å²) < 4.78 is 18.5. The summed E-state index contributed by atoms with van der Waals surface area (Å²) in [5.74, 6) is -1.62. The first-order valence-corrected chi connectivity index (χ1v) is 5.39. The lowest BCUT2D eigenvalue weighted by atomic mass is 10.2. The molecular formula is C10H11BrFNO3. The van der Waals surface area contributed by atoms with Gasteiger partial charge in [0.05, 0.1) is 10.2 Å². The topological polar surface area (TPSA) is 72.5 Å². The Hall–Kier alpha value is -1.30. The van der Waals surface area contributed by atoms with Crippen LogP contribution in [0, 0.1) is 5.82 Å². The van der Waals surface area contributed by atoms with Crippen molar-refractivity contribution < 1.29 is 19.0 Å². The van der Waals surface area contributed by atoms with E-state index in [2.05, 4.69) is 15.9 Å². The van der Waals surface area contributed by atoms with Gasteiger partial charge in [0.15, 0.2) is 6.10 Å². The van der Waals surface area contributed by atoms with Crippen molar-refractivity contribution in [2.45, 2.75) is 19.4 Å². The third-order valence-electron chi connectivity index (χ3n) is 1.97. The number of hydrogen-bond donors (Lipinski definition) is 2. The van der Waals surface area contributed by atoms with Crippen LogP contribution in [0.5, 0.6) is 5.75 Å². The van der Waals surface area contributed by atoms with Gasteiger partial charge < -0.3 is 15.6 Å². The minimum atomic E-state index is -1.11. The first-order chi connectivity index (χ1) is 7.45. The molecule has 0 bridgehead atoms. The van der Waals surface area contributed by atoms with Crippen LogP contribution in [0.4, 0.5) is 10.1 Å². The lowest BCUT2D eigenvalue weighted by Gasteiger charge is -2.15. The van der Waals surface area contributed by atoms with Gasteiger partial charge in [0, 0.05) is 6.07 Å². The minimum Gasteiger partial charge on any atom is -0.479 e. The molecule has 0 aliphatic carbocycles. The lowest BCUT2D eigenvalue weighted by Crippen LogP contribution is -2.26. The number of nitrogens with two attached hydrogens (primary N) is 1. The van der Waals surface area contributed by atoms with Gasteiger partial charge in [0.1, 0.15) is 11.6 Å². The first kappa shape index (κ1) is 12.8. The zero-order valence-electron chi connectivity index (χ0n) is 8.54. The maximum atomic E-state index is 13.2. The van der Waals surface area contributed by atoms with Crippen LogP contribution < -0.4 is 10.5 Å². The van der Waals surface area contributed by atoms with E-state index >= 15 is 0 Å². The molecule has 0 aliphatic rings. The highest BCUT2D eigenvalue weighted by Gasteiger charge is 2.18. The summed E-state index contributed by atoms with van der Waals surface area (Å²) in [4.78, 5) is 10.7. The average molecular weight is 292 g/mol. The molecule has 0 fully saturated rings. The SMILES string of the molecule is CCC(Oc1cc(F)c(Br)cc1N)C(=O)O. The summed E-state index contributed by atoms with van der Waals surface area (Å²) in [7, 11) is 0. The Balaban J connectivity index is 2.96. The molecule has 0 aliphatic heterocycles. The summed E-state index contributed by atoms with van der Waals surface area (Å²) >= 11 is 2.97. The van der Waals surface area contributed by atoms with Crippen molar-refractivity contribution in [1.29, 1.82) is 0 Å². The van der Waals surface area contributed by atoms with Gasteiger partial charge in [0.2, 0.25) is 0 Å². The molecule has 0 amide bonds. The molecule has 1 atom stereocenters. The van der Waals surface area contributed by atoms with Crippen LogP contribution in [-0.2, 0) is 4.79 Å². The quantitative estimate of drug-likeness (QED) is 0.836. The summed E-state index contributed by atoms with van der Waals surface area (Å²) in [6.45, 7) is 1.66. The third-order valence-corrected chi connectivity index (χ3v) is 2.58. The Kier molecular flexibility index (Phi) is 4.12. The number of nitrogen functional groups attached to an aromatic ring is 1. The Labute approximate surface area is 100 Å². The fourth-order valence-corrected chi connectivity index (χ4v) is 1.47. The standard InChI is InChI=1S/C10H11BrFNO3/c1-2-8(10(14)15)16-9-4-6(12)5(11)3-7(9)13/h3-4,8H,2,13H2,1H3,(H,14,15). The van der Waals surface area contributed by atoms with Crippen molar-refractivity contribution >= 4 is 27.6 Å². The smallest absolute Gasteiger partial charge is 0.344 e. The maximum absolute atomic E-state index is 13.2. The molecule has 88 valence electrons. The molecule has 1 aromatic rings. The number of carboxylic acids is 1. The zero-order chi connectivity index (χ0) is 12.3. The number of benzene rings is 1. The second-order valence-corrected chi connectivity index (χ2v) is 4.01. The van der Waals surface area contributed by atoms with Crippen LogP contribution in [0.2, 0.25) is 0 Å². The molecule has 0 saturated heterocycles. The van der Waals surface area contributed by atoms with Gasteiger partial charge in [-0.05, 0) is 28.4 Å². The van der Waals surface area contributed by atoms with E-state index in [1.165, 1.54) is 6.07 Å². The largest absolute Gasteiger partial charge is 0.479 e. The Bertz CT molecular complexity index is 411. The normalized spacial score (nSPS) is 12.2. The molecule has 0 heterocycles. The van der Waals surface area contributed by atoms with E-state index in [4.69, 9.17) is 15.6 Å². The van der Waals surface area contributed by atoms with E-state index in [0.717, 1.165) is 6.07 Å². The number of halogens is 2. The van der Waals surface area contributed by atoms with Crippen molar-refractivity contribution in [2.24, 2.45) is 0 Å². The maximum Gasteiger partial charge on any atom is 0.344 e. The molecule has 1 aromatic carbocycles. The van der Waals surface area contributed by atoms with Crippen molar-refractivity contribution in [3.05, 3.63) is 22.4 Å². The van der Waals surface area contributed by atoms with E-state index in [-0.39, 0.29) is 22.3 Å². The molecule has 0 radical (unpaired) electrons. The molecule has 1 rings (SSSR count). The number of aliphatic carboxylic acids is 1. The van der Waals surface area contributed by atoms with Crippen LogP contribution >= 0.6 is 15.9 Å². The van der Waals surface area contributed by atoms with Gasteiger partial charge in [-0.1, -0.05) is 6.92 Å². The highest BCUT2D eigenvalue weighted by molar-refractivity contribution is 9.10. The second kappa shape index (κ2) is 5.16. The van der Waals surface area contributed by atoms with E-state index in [1.807, 2.05) is 0 Å². The molecule has 4 nitrogen and oxygen atoms in total. The van der Waals surface area contributed by atoms with Crippen LogP contribution in [0.15, 0.2) is 16.6 Å². The predicted molar refractivity (Wildman–Crippen MR) is 60.9 cm³/mol. The van der Waals surface area contributed by atoms with Gasteiger partial charge in [0.25, 0.3) is 0 Å². The Morgan fingerprint density at radius 2 is 2.31 bits per heavy atom. The summed E-state index contributed by atoms with van der Waals surface area (Å²) in [5.41, 5.74) is 5.77. The van der Waals surface area contributed by atoms with Crippen LogP contribution in [0.25, 0.3) is 0 Å². The molecule has 1 unspecified atom stereocenters. The van der Waals surface area contributed by atoms with Gasteiger partial charge in [-0.2, -0.15) is 0 Å². The van der Waals surface area contributed by atoms with Gasteiger partial charge >= 0.3 is 5.97 Å². The third kappa shape index (κ3) is 2.85. The van der Waals surface area contributed by atoms with E-state index < -0.39 is 17.9 Å². The molecule has 16 heavy (non-hydrogen) atoms. The molecule has 0 spiro atoms. The summed E-state index contributed by atoms with van der Waals surface area (Å²) in [6.07, 6.45) is -0.755. The fourth-order valence-electron chi connectivity index (χ4n) is 1.11. The molecule has 0 aromatic heterocycles. The van der Waals surface area contributed by atoms with E-state index in [0.29, 0.717) is 0 Å². The van der Waals surface area contributed by atoms with Crippen LogP contribution in [0.3, 0.4) is 0 Å². The number of hydrogen-bond acceptors (Lipinski definition) is 3. The second-order valence-electron chi connectivity index (χ2n) is 3.16. The lowest BCUT2D eigenvalue weighted by molar-refractivity contribution is -0.145. The van der Waals surface area contributed by atoms with Crippen LogP contribution in [0.1, 0.15) is 13.3 Å². The Morgan fingerprint density at radius 1 is 1.69 bits per heavy atom. The number of carbonyl (C=O) groups is 1. The predicted octanol–water partition coefficient (Wildman–Crippen LogP) is 2.41. The van der Waals surface area contributed by atoms with Gasteiger partial charge in [-0.15, -0.1) is 0 Å². The highest BCUT2D eigenvalue weighted by atomic mass is 79.9. The number of rotatable bonds is 4. The molecular weight excluding hydrogens is 281 g/mol. The fraction of sp³-hybridized carbons (Fsp3) is 0.300. The van der Waals surface area contributed by atoms with E-state index in [1.54, 1.807) is 6.92 Å². The van der Waals surface area contributed by atoms with E-state index in [9.17, 15) is 9.18 Å². The minimum absolute atomic E-state index is 0.0370. The van der Waals surface area contributed by atoms with Gasteiger partial charge in [-0.25, -0.2) is 9.18 Å². The number of anilines is 1. The monoisotopic (exact) mass is 291 g/mol. The summed E-state index contributed by atoms with van der Waals surface area (Å²) in [6, 6.07) is 2.39. The molecule has 0 saturated carbocycles. The average Bonchev–Trinajstić information content (AvgIpc) is 2.21. The van der Waals surface area contributed by atoms with Crippen molar-refractivity contribution in [3.63, 3.8) is 0 Å². The highest BCUT2D eigenvalue weighted by Crippen LogP contribution is 2.29.